The first-order valence-electron chi connectivity index (χ1n) is 9.00. The molecule has 1 aromatic rings. The number of hydrogen-bond acceptors (Lipinski definition) is 3. The molecule has 3 rings (SSSR count). The van der Waals surface area contributed by atoms with Gasteiger partial charge in [0.1, 0.15) is 5.75 Å². The largest absolute Gasteiger partial charge is 0.490 e. The van der Waals surface area contributed by atoms with Crippen LogP contribution < -0.4 is 15.8 Å². The number of halogens is 1. The molecule has 2 aliphatic carbocycles. The van der Waals surface area contributed by atoms with Gasteiger partial charge < -0.3 is 15.8 Å². The summed E-state index contributed by atoms with van der Waals surface area (Å²) in [6, 6.07) is 8.22. The van der Waals surface area contributed by atoms with Crippen molar-refractivity contribution in [2.45, 2.75) is 70.1 Å². The number of ether oxygens (including phenoxy) is 1. The molecule has 5 heteroatoms. The summed E-state index contributed by atoms with van der Waals surface area (Å²) in [5, 5.41) is 3.08. The Morgan fingerprint density at radius 1 is 1.12 bits per heavy atom. The Hall–Kier alpha value is -1.26. The van der Waals surface area contributed by atoms with E-state index in [-0.39, 0.29) is 30.3 Å². The first-order valence-corrected chi connectivity index (χ1v) is 9.00. The number of amides is 1. The van der Waals surface area contributed by atoms with Crippen LogP contribution in [0.25, 0.3) is 0 Å². The monoisotopic (exact) mass is 352 g/mol. The molecule has 2 aliphatic rings. The first kappa shape index (κ1) is 19.1. The summed E-state index contributed by atoms with van der Waals surface area (Å²) in [4.78, 5) is 12.4. The van der Waals surface area contributed by atoms with E-state index < -0.39 is 0 Å². The molecule has 1 amide bonds. The highest BCUT2D eigenvalue weighted by atomic mass is 35.5. The molecule has 2 fully saturated rings. The number of benzene rings is 1. The van der Waals surface area contributed by atoms with Gasteiger partial charge in [-0.1, -0.05) is 24.6 Å². The smallest absolute Gasteiger partial charge is 0.223 e. The van der Waals surface area contributed by atoms with Crippen molar-refractivity contribution < 1.29 is 9.53 Å². The quantitative estimate of drug-likeness (QED) is 0.851. The second-order valence-corrected chi connectivity index (χ2v) is 6.97. The highest BCUT2D eigenvalue weighted by molar-refractivity contribution is 5.85. The SMILES string of the molecule is Cl.NC1CCCC(C(=O)NCc2ccccc2OC2CCCC2)C1. The topological polar surface area (TPSA) is 64.4 Å². The highest BCUT2D eigenvalue weighted by Crippen LogP contribution is 2.27. The van der Waals surface area contributed by atoms with Crippen molar-refractivity contribution in [3.63, 3.8) is 0 Å². The Bertz CT molecular complexity index is 532. The van der Waals surface area contributed by atoms with Gasteiger partial charge >= 0.3 is 0 Å². The van der Waals surface area contributed by atoms with Crippen molar-refractivity contribution in [1.29, 1.82) is 0 Å². The molecule has 2 unspecified atom stereocenters. The van der Waals surface area contributed by atoms with E-state index in [0.29, 0.717) is 12.6 Å². The van der Waals surface area contributed by atoms with Crippen LogP contribution in [-0.2, 0) is 11.3 Å². The number of nitrogens with one attached hydrogen (secondary N) is 1. The number of para-hydroxylation sites is 1. The van der Waals surface area contributed by atoms with E-state index in [2.05, 4.69) is 5.32 Å². The van der Waals surface area contributed by atoms with Crippen molar-refractivity contribution in [2.75, 3.05) is 0 Å². The second-order valence-electron chi connectivity index (χ2n) is 6.97. The number of rotatable bonds is 5. The van der Waals surface area contributed by atoms with Crippen LogP contribution in [0.2, 0.25) is 0 Å². The van der Waals surface area contributed by atoms with Crippen molar-refractivity contribution in [3.05, 3.63) is 29.8 Å². The fraction of sp³-hybridized carbons (Fsp3) is 0.632. The van der Waals surface area contributed by atoms with Crippen molar-refractivity contribution in [2.24, 2.45) is 11.7 Å². The number of carbonyl (C=O) groups is 1. The minimum atomic E-state index is 0. The normalized spacial score (nSPS) is 24.2. The zero-order chi connectivity index (χ0) is 16.1. The summed E-state index contributed by atoms with van der Waals surface area (Å²) in [5.41, 5.74) is 7.05. The molecule has 0 radical (unpaired) electrons. The molecule has 0 aliphatic heterocycles. The van der Waals surface area contributed by atoms with Crippen LogP contribution >= 0.6 is 12.4 Å². The lowest BCUT2D eigenvalue weighted by Crippen LogP contribution is -2.37. The van der Waals surface area contributed by atoms with E-state index in [0.717, 1.165) is 49.8 Å². The molecule has 3 N–H and O–H groups in total. The second kappa shape index (κ2) is 9.28. The molecule has 0 bridgehead atoms. The molecule has 0 heterocycles. The zero-order valence-corrected chi connectivity index (χ0v) is 15.0. The van der Waals surface area contributed by atoms with Gasteiger partial charge in [-0.3, -0.25) is 4.79 Å². The maximum atomic E-state index is 12.4. The molecule has 24 heavy (non-hydrogen) atoms. The molecule has 2 atom stereocenters. The number of nitrogens with two attached hydrogens (primary N) is 1. The van der Waals surface area contributed by atoms with Gasteiger partial charge in [-0.05, 0) is 51.0 Å². The van der Waals surface area contributed by atoms with E-state index >= 15 is 0 Å². The Morgan fingerprint density at radius 3 is 2.62 bits per heavy atom. The minimum absolute atomic E-state index is 0. The highest BCUT2D eigenvalue weighted by Gasteiger charge is 2.25. The van der Waals surface area contributed by atoms with E-state index in [1.54, 1.807) is 0 Å². The number of carbonyl (C=O) groups excluding carboxylic acids is 1. The van der Waals surface area contributed by atoms with Crippen molar-refractivity contribution in [3.8, 4) is 5.75 Å². The molecular formula is C19H29ClN2O2. The minimum Gasteiger partial charge on any atom is -0.490 e. The van der Waals surface area contributed by atoms with Gasteiger partial charge in [0, 0.05) is 24.1 Å². The Balaban J connectivity index is 0.00000208. The van der Waals surface area contributed by atoms with E-state index in [1.807, 2.05) is 24.3 Å². The van der Waals surface area contributed by atoms with Crippen molar-refractivity contribution >= 4 is 18.3 Å². The zero-order valence-electron chi connectivity index (χ0n) is 14.2. The summed E-state index contributed by atoms with van der Waals surface area (Å²) >= 11 is 0. The predicted molar refractivity (Wildman–Crippen MR) is 98.4 cm³/mol. The third kappa shape index (κ3) is 5.12. The van der Waals surface area contributed by atoms with Crippen molar-refractivity contribution in [1.82, 2.24) is 5.32 Å². The molecule has 2 saturated carbocycles. The van der Waals surface area contributed by atoms with Crippen LogP contribution in [0.1, 0.15) is 56.9 Å². The van der Waals surface area contributed by atoms with Gasteiger partial charge in [0.25, 0.3) is 0 Å². The lowest BCUT2D eigenvalue weighted by Gasteiger charge is -2.25. The summed E-state index contributed by atoms with van der Waals surface area (Å²) in [7, 11) is 0. The lowest BCUT2D eigenvalue weighted by molar-refractivity contribution is -0.126. The van der Waals surface area contributed by atoms with E-state index in [9.17, 15) is 4.79 Å². The standard InChI is InChI=1S/C19H28N2O2.ClH/c20-16-8-5-7-14(12-16)19(22)21-13-15-6-1-4-11-18(15)23-17-9-2-3-10-17;/h1,4,6,11,14,16-17H,2-3,5,7-10,12-13,20H2,(H,21,22);1H. The lowest BCUT2D eigenvalue weighted by atomic mass is 9.85. The summed E-state index contributed by atoms with van der Waals surface area (Å²) in [6.07, 6.45) is 9.00. The Labute approximate surface area is 150 Å². The molecule has 0 saturated heterocycles. The maximum Gasteiger partial charge on any atom is 0.223 e. The Kier molecular flexibility index (Phi) is 7.38. The molecule has 0 aromatic heterocycles. The van der Waals surface area contributed by atoms with Crippen LogP contribution in [-0.4, -0.2) is 18.1 Å². The molecule has 134 valence electrons. The molecule has 1 aromatic carbocycles. The maximum absolute atomic E-state index is 12.4. The number of hydrogen-bond donors (Lipinski definition) is 2. The third-order valence-electron chi connectivity index (χ3n) is 5.11. The average molecular weight is 353 g/mol. The average Bonchev–Trinajstić information content (AvgIpc) is 3.07. The van der Waals surface area contributed by atoms with E-state index in [1.165, 1.54) is 12.8 Å². The predicted octanol–water partition coefficient (Wildman–Crippen LogP) is 3.56. The summed E-state index contributed by atoms with van der Waals surface area (Å²) in [5.74, 6) is 1.12. The van der Waals surface area contributed by atoms with Gasteiger partial charge in [-0.2, -0.15) is 0 Å². The van der Waals surface area contributed by atoms with Crippen LogP contribution in [0.5, 0.6) is 5.75 Å². The molecular weight excluding hydrogens is 324 g/mol. The molecule has 0 spiro atoms. The third-order valence-corrected chi connectivity index (χ3v) is 5.11. The van der Waals surface area contributed by atoms with Crippen LogP contribution in [0.15, 0.2) is 24.3 Å². The fourth-order valence-corrected chi connectivity index (χ4v) is 3.74. The Morgan fingerprint density at radius 2 is 1.88 bits per heavy atom. The van der Waals surface area contributed by atoms with Crippen LogP contribution in [0, 0.1) is 5.92 Å². The van der Waals surface area contributed by atoms with Crippen LogP contribution in [0.3, 0.4) is 0 Å². The molecule has 4 nitrogen and oxygen atoms in total. The first-order chi connectivity index (χ1) is 11.2. The van der Waals surface area contributed by atoms with Gasteiger partial charge in [-0.25, -0.2) is 0 Å². The van der Waals surface area contributed by atoms with Gasteiger partial charge in [0.05, 0.1) is 6.10 Å². The summed E-state index contributed by atoms with van der Waals surface area (Å²) in [6.45, 7) is 0.535. The van der Waals surface area contributed by atoms with Gasteiger partial charge in [0.15, 0.2) is 0 Å². The van der Waals surface area contributed by atoms with Crippen LogP contribution in [0.4, 0.5) is 0 Å². The summed E-state index contributed by atoms with van der Waals surface area (Å²) < 4.78 is 6.13. The van der Waals surface area contributed by atoms with E-state index in [4.69, 9.17) is 10.5 Å². The van der Waals surface area contributed by atoms with Gasteiger partial charge in [-0.15, -0.1) is 12.4 Å². The fourth-order valence-electron chi connectivity index (χ4n) is 3.74. The van der Waals surface area contributed by atoms with Gasteiger partial charge in [0.2, 0.25) is 5.91 Å².